The van der Waals surface area contributed by atoms with Crippen LogP contribution in [0.3, 0.4) is 0 Å². The molecular formula is C22H26N2O3. The summed E-state index contributed by atoms with van der Waals surface area (Å²) in [5, 5.41) is 3.10. The third-order valence-corrected chi connectivity index (χ3v) is 5.33. The molecule has 2 aliphatic heterocycles. The van der Waals surface area contributed by atoms with Crippen molar-refractivity contribution in [3.05, 3.63) is 53.1 Å². The molecule has 27 heavy (non-hydrogen) atoms. The number of carbonyl (C=O) groups is 1. The molecule has 1 saturated heterocycles. The van der Waals surface area contributed by atoms with Crippen LogP contribution in [-0.4, -0.2) is 32.2 Å². The van der Waals surface area contributed by atoms with Gasteiger partial charge in [-0.2, -0.15) is 0 Å². The molecule has 2 aromatic rings. The van der Waals surface area contributed by atoms with Crippen molar-refractivity contribution < 1.29 is 14.3 Å². The zero-order valence-corrected chi connectivity index (χ0v) is 16.0. The van der Waals surface area contributed by atoms with E-state index < -0.39 is 0 Å². The summed E-state index contributed by atoms with van der Waals surface area (Å²) in [7, 11) is 0. The fourth-order valence-corrected chi connectivity index (χ4v) is 3.74. The average molecular weight is 366 g/mol. The Labute approximate surface area is 160 Å². The molecule has 1 unspecified atom stereocenters. The van der Waals surface area contributed by atoms with E-state index in [2.05, 4.69) is 17.1 Å². The molecule has 0 radical (unpaired) electrons. The van der Waals surface area contributed by atoms with Gasteiger partial charge in [0.2, 0.25) is 0 Å². The Morgan fingerprint density at radius 3 is 2.56 bits per heavy atom. The lowest BCUT2D eigenvalue weighted by atomic mass is 10.1. The summed E-state index contributed by atoms with van der Waals surface area (Å²) in [6.07, 6.45) is 2.44. The van der Waals surface area contributed by atoms with Crippen LogP contribution in [0.2, 0.25) is 0 Å². The SMILES string of the molecule is Cc1ccc(C(=O)NC(C)c2ccc3c(c2)OCCO3)cc1N1CCCC1. The van der Waals surface area contributed by atoms with Crippen LogP contribution >= 0.6 is 0 Å². The van der Waals surface area contributed by atoms with Gasteiger partial charge < -0.3 is 19.7 Å². The molecule has 142 valence electrons. The van der Waals surface area contributed by atoms with Crippen molar-refractivity contribution in [3.8, 4) is 11.5 Å². The minimum Gasteiger partial charge on any atom is -0.486 e. The van der Waals surface area contributed by atoms with Crippen molar-refractivity contribution in [2.45, 2.75) is 32.7 Å². The van der Waals surface area contributed by atoms with E-state index in [4.69, 9.17) is 9.47 Å². The second kappa shape index (κ2) is 7.51. The lowest BCUT2D eigenvalue weighted by molar-refractivity contribution is 0.0939. The highest BCUT2D eigenvalue weighted by molar-refractivity contribution is 5.95. The van der Waals surface area contributed by atoms with Gasteiger partial charge in [0.25, 0.3) is 5.91 Å². The molecule has 2 aliphatic rings. The first-order valence-corrected chi connectivity index (χ1v) is 9.68. The fourth-order valence-electron chi connectivity index (χ4n) is 3.74. The number of carbonyl (C=O) groups excluding carboxylic acids is 1. The van der Waals surface area contributed by atoms with Crippen LogP contribution < -0.4 is 19.7 Å². The Balaban J connectivity index is 1.49. The molecule has 0 spiro atoms. The van der Waals surface area contributed by atoms with Crippen LogP contribution in [0.15, 0.2) is 36.4 Å². The second-order valence-corrected chi connectivity index (χ2v) is 7.29. The number of anilines is 1. The van der Waals surface area contributed by atoms with Gasteiger partial charge in [-0.1, -0.05) is 12.1 Å². The highest BCUT2D eigenvalue weighted by atomic mass is 16.6. The van der Waals surface area contributed by atoms with E-state index >= 15 is 0 Å². The monoisotopic (exact) mass is 366 g/mol. The normalized spacial score (nSPS) is 16.9. The van der Waals surface area contributed by atoms with Crippen LogP contribution in [0, 0.1) is 6.92 Å². The van der Waals surface area contributed by atoms with E-state index in [9.17, 15) is 4.79 Å². The van der Waals surface area contributed by atoms with Gasteiger partial charge in [0.05, 0.1) is 6.04 Å². The van der Waals surface area contributed by atoms with E-state index in [-0.39, 0.29) is 11.9 Å². The van der Waals surface area contributed by atoms with Crippen LogP contribution in [0.4, 0.5) is 5.69 Å². The topological polar surface area (TPSA) is 50.8 Å². The van der Waals surface area contributed by atoms with Crippen molar-refractivity contribution in [2.75, 3.05) is 31.2 Å². The predicted molar refractivity (Wildman–Crippen MR) is 106 cm³/mol. The van der Waals surface area contributed by atoms with E-state index in [1.165, 1.54) is 24.1 Å². The molecule has 0 bridgehead atoms. The number of benzene rings is 2. The van der Waals surface area contributed by atoms with Crippen molar-refractivity contribution in [2.24, 2.45) is 0 Å². The zero-order valence-electron chi connectivity index (χ0n) is 16.0. The van der Waals surface area contributed by atoms with Gasteiger partial charge >= 0.3 is 0 Å². The van der Waals surface area contributed by atoms with Gasteiger partial charge in [-0.15, -0.1) is 0 Å². The van der Waals surface area contributed by atoms with E-state index in [0.717, 1.165) is 30.2 Å². The third-order valence-electron chi connectivity index (χ3n) is 5.33. The number of aryl methyl sites for hydroxylation is 1. The number of fused-ring (bicyclic) bond motifs is 1. The first kappa shape index (κ1) is 17.7. The highest BCUT2D eigenvalue weighted by Gasteiger charge is 2.19. The van der Waals surface area contributed by atoms with Gasteiger partial charge in [0, 0.05) is 24.3 Å². The number of amides is 1. The third kappa shape index (κ3) is 3.72. The molecule has 0 aromatic heterocycles. The van der Waals surface area contributed by atoms with Crippen LogP contribution in [0.25, 0.3) is 0 Å². The minimum atomic E-state index is -0.120. The number of ether oxygens (including phenoxy) is 2. The molecule has 5 heteroatoms. The molecule has 0 saturated carbocycles. The number of hydrogen-bond donors (Lipinski definition) is 1. The first-order valence-electron chi connectivity index (χ1n) is 9.68. The number of nitrogens with zero attached hydrogens (tertiary/aromatic N) is 1. The Morgan fingerprint density at radius 2 is 1.78 bits per heavy atom. The van der Waals surface area contributed by atoms with Crippen molar-refractivity contribution in [1.82, 2.24) is 5.32 Å². The Hall–Kier alpha value is -2.69. The fraction of sp³-hybridized carbons (Fsp3) is 0.409. The molecule has 4 rings (SSSR count). The molecule has 5 nitrogen and oxygen atoms in total. The quantitative estimate of drug-likeness (QED) is 0.893. The summed E-state index contributed by atoms with van der Waals surface area (Å²) in [5.41, 5.74) is 4.09. The molecule has 1 fully saturated rings. The van der Waals surface area contributed by atoms with Crippen LogP contribution in [-0.2, 0) is 0 Å². The summed E-state index contributed by atoms with van der Waals surface area (Å²) in [5.74, 6) is 1.45. The van der Waals surface area contributed by atoms with E-state index in [0.29, 0.717) is 18.8 Å². The number of nitrogens with one attached hydrogen (secondary N) is 1. The van der Waals surface area contributed by atoms with Gasteiger partial charge in [0.15, 0.2) is 11.5 Å². The maximum Gasteiger partial charge on any atom is 0.251 e. The average Bonchev–Trinajstić information content (AvgIpc) is 3.22. The van der Waals surface area contributed by atoms with Crippen molar-refractivity contribution in [1.29, 1.82) is 0 Å². The van der Waals surface area contributed by atoms with Gasteiger partial charge in [0.1, 0.15) is 13.2 Å². The summed E-state index contributed by atoms with van der Waals surface area (Å²) in [4.78, 5) is 15.2. The van der Waals surface area contributed by atoms with Crippen LogP contribution in [0.5, 0.6) is 11.5 Å². The second-order valence-electron chi connectivity index (χ2n) is 7.29. The number of hydrogen-bond acceptors (Lipinski definition) is 4. The smallest absolute Gasteiger partial charge is 0.251 e. The number of rotatable bonds is 4. The first-order chi connectivity index (χ1) is 13.1. The molecule has 1 N–H and O–H groups in total. The zero-order chi connectivity index (χ0) is 18.8. The minimum absolute atomic E-state index is 0.0576. The molecule has 1 atom stereocenters. The Morgan fingerprint density at radius 1 is 1.04 bits per heavy atom. The standard InChI is InChI=1S/C22H26N2O3/c1-15-5-6-18(13-19(15)24-9-3-4-10-24)22(25)23-16(2)17-7-8-20-21(14-17)27-12-11-26-20/h5-8,13-14,16H,3-4,9-12H2,1-2H3,(H,23,25). The lowest BCUT2D eigenvalue weighted by Gasteiger charge is -2.22. The summed E-state index contributed by atoms with van der Waals surface area (Å²) in [6, 6.07) is 11.7. The maximum atomic E-state index is 12.8. The van der Waals surface area contributed by atoms with Gasteiger partial charge in [-0.25, -0.2) is 0 Å². The Kier molecular flexibility index (Phi) is 4.92. The van der Waals surface area contributed by atoms with Crippen molar-refractivity contribution in [3.63, 3.8) is 0 Å². The summed E-state index contributed by atoms with van der Waals surface area (Å²) >= 11 is 0. The lowest BCUT2D eigenvalue weighted by Crippen LogP contribution is -2.27. The highest BCUT2D eigenvalue weighted by Crippen LogP contribution is 2.32. The molecule has 2 heterocycles. The molecule has 1 amide bonds. The molecule has 0 aliphatic carbocycles. The predicted octanol–water partition coefficient (Wildman–Crippen LogP) is 3.86. The van der Waals surface area contributed by atoms with Crippen LogP contribution in [0.1, 0.15) is 47.3 Å². The Bertz CT molecular complexity index is 843. The van der Waals surface area contributed by atoms with Gasteiger partial charge in [-0.05, 0) is 62.1 Å². The molecular weight excluding hydrogens is 340 g/mol. The molecule has 2 aromatic carbocycles. The van der Waals surface area contributed by atoms with Crippen molar-refractivity contribution >= 4 is 11.6 Å². The van der Waals surface area contributed by atoms with Gasteiger partial charge in [-0.3, -0.25) is 4.79 Å². The van der Waals surface area contributed by atoms with E-state index in [1.54, 1.807) is 0 Å². The summed E-state index contributed by atoms with van der Waals surface area (Å²) < 4.78 is 11.2. The van der Waals surface area contributed by atoms with E-state index in [1.807, 2.05) is 43.3 Å². The largest absolute Gasteiger partial charge is 0.486 e. The summed E-state index contributed by atoms with van der Waals surface area (Å²) in [6.45, 7) is 7.36. The maximum absolute atomic E-state index is 12.8.